The number of rotatable bonds is 3. The molecule has 19 heavy (non-hydrogen) atoms. The van der Waals surface area contributed by atoms with E-state index in [1.165, 1.54) is 11.8 Å². The van der Waals surface area contributed by atoms with Crippen molar-refractivity contribution in [3.63, 3.8) is 0 Å². The van der Waals surface area contributed by atoms with Crippen molar-refractivity contribution in [2.75, 3.05) is 5.73 Å². The van der Waals surface area contributed by atoms with Crippen LogP contribution in [0.3, 0.4) is 0 Å². The summed E-state index contributed by atoms with van der Waals surface area (Å²) in [6.45, 7) is 0. The van der Waals surface area contributed by atoms with Gasteiger partial charge in [-0.3, -0.25) is 0 Å². The zero-order chi connectivity index (χ0) is 13.8. The first-order valence-electron chi connectivity index (χ1n) is 5.41. The van der Waals surface area contributed by atoms with Gasteiger partial charge >= 0.3 is 5.97 Å². The van der Waals surface area contributed by atoms with E-state index < -0.39 is 5.97 Å². The van der Waals surface area contributed by atoms with Crippen LogP contribution in [0, 0.1) is 11.3 Å². The van der Waals surface area contributed by atoms with Crippen molar-refractivity contribution in [2.45, 2.75) is 9.79 Å². The molecule has 0 fully saturated rings. The van der Waals surface area contributed by atoms with Crippen LogP contribution in [0.4, 0.5) is 5.69 Å². The highest BCUT2D eigenvalue weighted by Crippen LogP contribution is 2.29. The van der Waals surface area contributed by atoms with Gasteiger partial charge in [-0.2, -0.15) is 5.26 Å². The predicted octanol–water partition coefficient (Wildman–Crippen LogP) is 2.99. The number of nitrogens with zero attached hydrogens (tertiary/aromatic N) is 1. The lowest BCUT2D eigenvalue weighted by atomic mass is 10.2. The molecule has 0 heterocycles. The summed E-state index contributed by atoms with van der Waals surface area (Å²) in [4.78, 5) is 12.5. The number of aromatic carboxylic acids is 1. The molecule has 0 spiro atoms. The summed E-state index contributed by atoms with van der Waals surface area (Å²) in [5.41, 5.74) is 6.79. The highest BCUT2D eigenvalue weighted by Gasteiger charge is 2.04. The largest absolute Gasteiger partial charge is 0.478 e. The van der Waals surface area contributed by atoms with Crippen LogP contribution in [0.5, 0.6) is 0 Å². The molecule has 94 valence electrons. The van der Waals surface area contributed by atoms with Crippen LogP contribution in [0.2, 0.25) is 0 Å². The molecule has 0 aliphatic heterocycles. The van der Waals surface area contributed by atoms with Crippen molar-refractivity contribution in [3.05, 3.63) is 53.6 Å². The van der Waals surface area contributed by atoms with Crippen LogP contribution in [-0.2, 0) is 0 Å². The second-order valence-corrected chi connectivity index (χ2v) is 4.94. The number of hydrogen-bond acceptors (Lipinski definition) is 4. The Morgan fingerprint density at radius 3 is 2.37 bits per heavy atom. The van der Waals surface area contributed by atoms with Crippen molar-refractivity contribution >= 4 is 23.4 Å². The van der Waals surface area contributed by atoms with Crippen molar-refractivity contribution in [3.8, 4) is 6.07 Å². The van der Waals surface area contributed by atoms with Gasteiger partial charge in [0, 0.05) is 15.5 Å². The molecule has 4 nitrogen and oxygen atoms in total. The number of nitrogens with two attached hydrogens (primary N) is 1. The molecule has 0 aromatic heterocycles. The Morgan fingerprint density at radius 1 is 1.16 bits per heavy atom. The number of nitriles is 1. The molecule has 2 aromatic carbocycles. The molecule has 0 amide bonds. The van der Waals surface area contributed by atoms with E-state index in [1.54, 1.807) is 36.4 Å². The van der Waals surface area contributed by atoms with Crippen LogP contribution in [-0.4, -0.2) is 11.1 Å². The SMILES string of the molecule is N#Cc1cc(Sc2ccc(C(=O)O)cc2)ccc1N. The van der Waals surface area contributed by atoms with E-state index in [4.69, 9.17) is 16.1 Å². The summed E-state index contributed by atoms with van der Waals surface area (Å²) in [7, 11) is 0. The molecule has 3 N–H and O–H groups in total. The van der Waals surface area contributed by atoms with Gasteiger partial charge in [-0.1, -0.05) is 11.8 Å². The fourth-order valence-corrected chi connectivity index (χ4v) is 2.35. The van der Waals surface area contributed by atoms with E-state index in [1.807, 2.05) is 12.1 Å². The minimum Gasteiger partial charge on any atom is -0.478 e. The van der Waals surface area contributed by atoms with E-state index in [-0.39, 0.29) is 5.56 Å². The summed E-state index contributed by atoms with van der Waals surface area (Å²) >= 11 is 1.45. The quantitative estimate of drug-likeness (QED) is 0.837. The summed E-state index contributed by atoms with van der Waals surface area (Å²) in [6, 6.07) is 13.8. The zero-order valence-electron chi connectivity index (χ0n) is 9.83. The minimum absolute atomic E-state index is 0.249. The topological polar surface area (TPSA) is 87.1 Å². The van der Waals surface area contributed by atoms with Gasteiger partial charge in [0.05, 0.1) is 11.1 Å². The van der Waals surface area contributed by atoms with E-state index in [9.17, 15) is 4.79 Å². The predicted molar refractivity (Wildman–Crippen MR) is 73.1 cm³/mol. The Kier molecular flexibility index (Phi) is 3.74. The van der Waals surface area contributed by atoms with Crippen molar-refractivity contribution < 1.29 is 9.90 Å². The second kappa shape index (κ2) is 5.46. The number of carboxylic acids is 1. The number of benzene rings is 2. The van der Waals surface area contributed by atoms with Gasteiger partial charge in [-0.05, 0) is 42.5 Å². The number of carboxylic acid groups (broad SMARTS) is 1. The number of nitrogen functional groups attached to an aromatic ring is 1. The summed E-state index contributed by atoms with van der Waals surface area (Å²) in [6.07, 6.45) is 0. The summed E-state index contributed by atoms with van der Waals surface area (Å²) in [5, 5.41) is 17.7. The highest BCUT2D eigenvalue weighted by molar-refractivity contribution is 7.99. The molecule has 0 saturated heterocycles. The van der Waals surface area contributed by atoms with Gasteiger partial charge in [-0.15, -0.1) is 0 Å². The maximum Gasteiger partial charge on any atom is 0.335 e. The zero-order valence-corrected chi connectivity index (χ0v) is 10.6. The Balaban J connectivity index is 2.22. The number of carbonyl (C=O) groups is 1. The van der Waals surface area contributed by atoms with Gasteiger partial charge in [0.1, 0.15) is 6.07 Å². The first-order valence-corrected chi connectivity index (χ1v) is 6.22. The first-order chi connectivity index (χ1) is 9.10. The van der Waals surface area contributed by atoms with Gasteiger partial charge in [0.25, 0.3) is 0 Å². The average molecular weight is 270 g/mol. The van der Waals surface area contributed by atoms with Crippen LogP contribution in [0.1, 0.15) is 15.9 Å². The Bertz CT molecular complexity index is 660. The first kappa shape index (κ1) is 13.0. The van der Waals surface area contributed by atoms with E-state index in [0.29, 0.717) is 11.3 Å². The third-order valence-electron chi connectivity index (χ3n) is 2.48. The number of hydrogen-bond donors (Lipinski definition) is 2. The Morgan fingerprint density at radius 2 is 1.79 bits per heavy atom. The lowest BCUT2D eigenvalue weighted by Gasteiger charge is -2.04. The minimum atomic E-state index is -0.948. The van der Waals surface area contributed by atoms with Gasteiger partial charge in [0.2, 0.25) is 0 Å². The fourth-order valence-electron chi connectivity index (χ4n) is 1.50. The molecule has 0 unspecified atom stereocenters. The van der Waals surface area contributed by atoms with Gasteiger partial charge in [-0.25, -0.2) is 4.79 Å². The standard InChI is InChI=1S/C14H10N2O2S/c15-8-10-7-12(5-6-13(10)16)19-11-3-1-9(2-4-11)14(17)18/h1-7H,16H2,(H,17,18). The van der Waals surface area contributed by atoms with Crippen LogP contribution in [0.25, 0.3) is 0 Å². The highest BCUT2D eigenvalue weighted by atomic mass is 32.2. The lowest BCUT2D eigenvalue weighted by molar-refractivity contribution is 0.0697. The summed E-state index contributed by atoms with van der Waals surface area (Å²) in [5.74, 6) is -0.948. The molecule has 0 bridgehead atoms. The molecule has 0 saturated carbocycles. The molecule has 0 atom stereocenters. The average Bonchev–Trinajstić information content (AvgIpc) is 2.41. The fraction of sp³-hybridized carbons (Fsp3) is 0. The van der Waals surface area contributed by atoms with Crippen LogP contribution < -0.4 is 5.73 Å². The van der Waals surface area contributed by atoms with Gasteiger partial charge in [0.15, 0.2) is 0 Å². The van der Waals surface area contributed by atoms with E-state index >= 15 is 0 Å². The number of anilines is 1. The van der Waals surface area contributed by atoms with Crippen LogP contribution >= 0.6 is 11.8 Å². The van der Waals surface area contributed by atoms with Crippen molar-refractivity contribution in [2.24, 2.45) is 0 Å². The third-order valence-corrected chi connectivity index (χ3v) is 3.48. The molecule has 0 aliphatic carbocycles. The van der Waals surface area contributed by atoms with E-state index in [0.717, 1.165) is 9.79 Å². The van der Waals surface area contributed by atoms with Gasteiger partial charge < -0.3 is 10.8 Å². The molecular weight excluding hydrogens is 260 g/mol. The Labute approximate surface area is 114 Å². The lowest BCUT2D eigenvalue weighted by Crippen LogP contribution is -1.94. The molecule has 0 aliphatic rings. The summed E-state index contributed by atoms with van der Waals surface area (Å²) < 4.78 is 0. The van der Waals surface area contributed by atoms with E-state index in [2.05, 4.69) is 0 Å². The molecular formula is C14H10N2O2S. The molecule has 2 rings (SSSR count). The van der Waals surface area contributed by atoms with Crippen molar-refractivity contribution in [1.29, 1.82) is 5.26 Å². The monoisotopic (exact) mass is 270 g/mol. The smallest absolute Gasteiger partial charge is 0.335 e. The second-order valence-electron chi connectivity index (χ2n) is 3.79. The maximum atomic E-state index is 10.7. The molecule has 5 heteroatoms. The van der Waals surface area contributed by atoms with Crippen LogP contribution in [0.15, 0.2) is 52.3 Å². The van der Waals surface area contributed by atoms with Crippen molar-refractivity contribution in [1.82, 2.24) is 0 Å². The Hall–Kier alpha value is -2.45. The molecule has 0 radical (unpaired) electrons. The maximum absolute atomic E-state index is 10.7. The molecule has 2 aromatic rings. The third kappa shape index (κ3) is 3.06. The normalized spacial score (nSPS) is 9.84.